The molecule has 74 valence electrons. The van der Waals surface area contributed by atoms with E-state index in [1.807, 2.05) is 0 Å². The molecule has 0 bridgehead atoms. The van der Waals surface area contributed by atoms with Crippen LogP contribution in [0.2, 0.25) is 0 Å². The van der Waals surface area contributed by atoms with E-state index in [0.29, 0.717) is 11.4 Å². The molecule has 0 aliphatic heterocycles. The van der Waals surface area contributed by atoms with Gasteiger partial charge in [-0.25, -0.2) is 0 Å². The molecule has 0 aliphatic rings. The third kappa shape index (κ3) is 2.18. The zero-order chi connectivity index (χ0) is 10.6. The predicted octanol–water partition coefficient (Wildman–Crippen LogP) is 2.74. The molecule has 0 aliphatic carbocycles. The van der Waals surface area contributed by atoms with Gasteiger partial charge in [-0.2, -0.15) is 9.81 Å². The first-order valence-corrected chi connectivity index (χ1v) is 4.30. The molecule has 2 atom stereocenters. The van der Waals surface area contributed by atoms with E-state index in [0.717, 1.165) is 0 Å². The molecular weight excluding hydrogens is 182 g/mol. The molecule has 14 heavy (non-hydrogen) atoms. The summed E-state index contributed by atoms with van der Waals surface area (Å²) in [5.41, 5.74) is 1.13. The summed E-state index contributed by atoms with van der Waals surface area (Å²) >= 11 is 0. The Balaban J connectivity index is 3.00. The third-order valence-electron chi connectivity index (χ3n) is 1.96. The second-order valence-corrected chi connectivity index (χ2v) is 3.05. The average Bonchev–Trinajstić information content (AvgIpc) is 2.27. The molecule has 2 unspecified atom stereocenters. The summed E-state index contributed by atoms with van der Waals surface area (Å²) in [7, 11) is 0. The fourth-order valence-corrected chi connectivity index (χ4v) is 1.04. The summed E-state index contributed by atoms with van der Waals surface area (Å²) in [6.45, 7) is 3.30. The Hall–Kier alpha value is -1.65. The SMILES string of the molecule is CC(N=O)c1cccc(C(C)N=O)n1. The molecule has 0 spiro atoms. The van der Waals surface area contributed by atoms with Crippen molar-refractivity contribution < 1.29 is 0 Å². The second-order valence-electron chi connectivity index (χ2n) is 3.05. The maximum atomic E-state index is 10.3. The van der Waals surface area contributed by atoms with E-state index in [1.54, 1.807) is 32.0 Å². The van der Waals surface area contributed by atoms with Crippen molar-refractivity contribution in [2.45, 2.75) is 25.9 Å². The van der Waals surface area contributed by atoms with Crippen LogP contribution in [0.25, 0.3) is 0 Å². The van der Waals surface area contributed by atoms with E-state index in [9.17, 15) is 9.81 Å². The Morgan fingerprint density at radius 3 is 1.86 bits per heavy atom. The fourth-order valence-electron chi connectivity index (χ4n) is 1.04. The number of hydrogen-bond acceptors (Lipinski definition) is 5. The standard InChI is InChI=1S/C9H11N3O2/c1-6(11-13)8-4-3-5-9(10-8)7(2)12-14/h3-7H,1-2H3. The summed E-state index contributed by atoms with van der Waals surface area (Å²) in [4.78, 5) is 24.7. The lowest BCUT2D eigenvalue weighted by atomic mass is 10.1. The van der Waals surface area contributed by atoms with Gasteiger partial charge < -0.3 is 0 Å². The van der Waals surface area contributed by atoms with Crippen LogP contribution < -0.4 is 0 Å². The molecule has 0 N–H and O–H groups in total. The second kappa shape index (κ2) is 4.55. The first kappa shape index (κ1) is 10.4. The third-order valence-corrected chi connectivity index (χ3v) is 1.96. The van der Waals surface area contributed by atoms with Gasteiger partial charge in [0.15, 0.2) is 0 Å². The lowest BCUT2D eigenvalue weighted by Crippen LogP contribution is -1.99. The number of nitrogens with zero attached hydrogens (tertiary/aromatic N) is 3. The van der Waals surface area contributed by atoms with E-state index in [1.165, 1.54) is 0 Å². The first-order chi connectivity index (χ1) is 6.69. The monoisotopic (exact) mass is 193 g/mol. The molecule has 0 radical (unpaired) electrons. The fraction of sp³-hybridized carbons (Fsp3) is 0.444. The maximum absolute atomic E-state index is 10.3. The Labute approximate surface area is 81.5 Å². The highest BCUT2D eigenvalue weighted by molar-refractivity contribution is 5.16. The molecule has 0 fully saturated rings. The van der Waals surface area contributed by atoms with Crippen LogP contribution in [0.3, 0.4) is 0 Å². The summed E-state index contributed by atoms with van der Waals surface area (Å²) in [5, 5.41) is 5.73. The van der Waals surface area contributed by atoms with E-state index < -0.39 is 12.1 Å². The van der Waals surface area contributed by atoms with Crippen molar-refractivity contribution in [1.29, 1.82) is 0 Å². The highest BCUT2D eigenvalue weighted by Crippen LogP contribution is 2.18. The van der Waals surface area contributed by atoms with Crippen LogP contribution in [0, 0.1) is 9.81 Å². The van der Waals surface area contributed by atoms with Gasteiger partial charge in [-0.1, -0.05) is 16.4 Å². The smallest absolute Gasteiger partial charge is 0.131 e. The molecule has 1 heterocycles. The van der Waals surface area contributed by atoms with E-state index in [4.69, 9.17) is 0 Å². The lowest BCUT2D eigenvalue weighted by molar-refractivity contribution is 0.724. The van der Waals surface area contributed by atoms with Gasteiger partial charge in [0.2, 0.25) is 0 Å². The van der Waals surface area contributed by atoms with Gasteiger partial charge in [0.05, 0.1) is 11.4 Å². The number of aromatic nitrogens is 1. The van der Waals surface area contributed by atoms with Crippen molar-refractivity contribution in [1.82, 2.24) is 4.98 Å². The van der Waals surface area contributed by atoms with Crippen molar-refractivity contribution in [3.8, 4) is 0 Å². The minimum absolute atomic E-state index is 0.492. The van der Waals surface area contributed by atoms with Crippen LogP contribution in [0.5, 0.6) is 0 Å². The van der Waals surface area contributed by atoms with Gasteiger partial charge in [0, 0.05) is 0 Å². The van der Waals surface area contributed by atoms with Crippen molar-refractivity contribution >= 4 is 0 Å². The molecule has 0 amide bonds. The van der Waals surface area contributed by atoms with Crippen LogP contribution >= 0.6 is 0 Å². The van der Waals surface area contributed by atoms with E-state index >= 15 is 0 Å². The van der Waals surface area contributed by atoms with Crippen molar-refractivity contribution in [2.75, 3.05) is 0 Å². The lowest BCUT2D eigenvalue weighted by Gasteiger charge is -2.06. The maximum Gasteiger partial charge on any atom is 0.131 e. The Morgan fingerprint density at radius 1 is 1.07 bits per heavy atom. The van der Waals surface area contributed by atoms with Crippen LogP contribution in [-0.2, 0) is 0 Å². The summed E-state index contributed by atoms with van der Waals surface area (Å²) in [6.07, 6.45) is 0. The zero-order valence-electron chi connectivity index (χ0n) is 8.04. The highest BCUT2D eigenvalue weighted by atomic mass is 16.3. The Morgan fingerprint density at radius 2 is 1.50 bits per heavy atom. The molecule has 5 nitrogen and oxygen atoms in total. The topological polar surface area (TPSA) is 71.8 Å². The molecule has 1 rings (SSSR count). The highest BCUT2D eigenvalue weighted by Gasteiger charge is 2.11. The molecule has 5 heteroatoms. The minimum atomic E-state index is -0.492. The number of nitroso groups, excluding NO2 is 2. The van der Waals surface area contributed by atoms with Gasteiger partial charge in [-0.05, 0) is 26.0 Å². The van der Waals surface area contributed by atoms with Crippen LogP contribution in [-0.4, -0.2) is 4.98 Å². The Kier molecular flexibility index (Phi) is 3.39. The van der Waals surface area contributed by atoms with Crippen LogP contribution in [0.15, 0.2) is 28.6 Å². The van der Waals surface area contributed by atoms with E-state index in [2.05, 4.69) is 15.3 Å². The summed E-state index contributed by atoms with van der Waals surface area (Å²) in [5.74, 6) is 0. The molecule has 0 saturated heterocycles. The van der Waals surface area contributed by atoms with Crippen molar-refractivity contribution in [3.05, 3.63) is 39.4 Å². The Bertz CT molecular complexity index is 311. The largest absolute Gasteiger partial charge is 0.253 e. The number of hydrogen-bond donors (Lipinski definition) is 0. The minimum Gasteiger partial charge on any atom is -0.253 e. The average molecular weight is 193 g/mol. The molecule has 1 aromatic heterocycles. The zero-order valence-corrected chi connectivity index (χ0v) is 8.04. The molecule has 0 aromatic carbocycles. The molecule has 1 aromatic rings. The summed E-state index contributed by atoms with van der Waals surface area (Å²) < 4.78 is 0. The van der Waals surface area contributed by atoms with Gasteiger partial charge in [-0.15, -0.1) is 0 Å². The molecule has 0 saturated carbocycles. The summed E-state index contributed by atoms with van der Waals surface area (Å²) in [6, 6.07) is 4.16. The predicted molar refractivity (Wildman–Crippen MR) is 52.7 cm³/mol. The number of pyridine rings is 1. The first-order valence-electron chi connectivity index (χ1n) is 4.30. The molecular formula is C9H11N3O2. The van der Waals surface area contributed by atoms with Crippen molar-refractivity contribution in [3.63, 3.8) is 0 Å². The van der Waals surface area contributed by atoms with Crippen LogP contribution in [0.1, 0.15) is 37.3 Å². The quantitative estimate of drug-likeness (QED) is 0.690. The van der Waals surface area contributed by atoms with Gasteiger partial charge in [0.1, 0.15) is 12.1 Å². The number of rotatable bonds is 4. The van der Waals surface area contributed by atoms with Crippen LogP contribution in [0.4, 0.5) is 0 Å². The van der Waals surface area contributed by atoms with Gasteiger partial charge >= 0.3 is 0 Å². The normalized spacial score (nSPS) is 14.4. The van der Waals surface area contributed by atoms with Gasteiger partial charge in [0.25, 0.3) is 0 Å². The van der Waals surface area contributed by atoms with Gasteiger partial charge in [-0.3, -0.25) is 4.98 Å². The van der Waals surface area contributed by atoms with E-state index in [-0.39, 0.29) is 0 Å². The van der Waals surface area contributed by atoms with Crippen molar-refractivity contribution in [2.24, 2.45) is 10.4 Å².